The highest BCUT2D eigenvalue weighted by molar-refractivity contribution is 7.92. The lowest BCUT2D eigenvalue weighted by Crippen LogP contribution is -2.48. The maximum atomic E-state index is 12.8. The van der Waals surface area contributed by atoms with Gasteiger partial charge in [-0.25, -0.2) is 8.42 Å². The quantitative estimate of drug-likeness (QED) is 0.715. The zero-order chi connectivity index (χ0) is 22.0. The third-order valence-corrected chi connectivity index (χ3v) is 6.30. The average molecular weight is 437 g/mol. The number of hydrogen-bond donors (Lipinski definition) is 1. The summed E-state index contributed by atoms with van der Waals surface area (Å²) in [5, 5.41) is 3.41. The number of hydrogen-bond acceptors (Lipinski definition) is 3. The Hall–Kier alpha value is -2.05. The molecule has 0 aliphatic carbocycles. The second kappa shape index (κ2) is 8.76. The summed E-state index contributed by atoms with van der Waals surface area (Å²) in [4.78, 5) is 12.8. The molecule has 0 saturated carbocycles. The number of nitrogens with zero attached hydrogens (tertiary/aromatic N) is 1. The smallest absolute Gasteiger partial charge is 0.244 e. The Balaban J connectivity index is 2.19. The van der Waals surface area contributed by atoms with Crippen LogP contribution in [0.15, 0.2) is 48.5 Å². The van der Waals surface area contributed by atoms with Crippen molar-refractivity contribution in [3.63, 3.8) is 0 Å². The summed E-state index contributed by atoms with van der Waals surface area (Å²) in [5.41, 5.74) is 2.60. The lowest BCUT2D eigenvalue weighted by Gasteiger charge is -2.29. The first kappa shape index (κ1) is 23.2. The normalized spacial score (nSPS) is 14.2. The Labute approximate surface area is 179 Å². The molecular formula is C22H29ClN2O3S. The monoisotopic (exact) mass is 436 g/mol. The highest BCUT2D eigenvalue weighted by atomic mass is 35.5. The molecule has 1 amide bonds. The van der Waals surface area contributed by atoms with E-state index < -0.39 is 16.1 Å². The Morgan fingerprint density at radius 3 is 1.97 bits per heavy atom. The van der Waals surface area contributed by atoms with Crippen molar-refractivity contribution in [2.45, 2.75) is 52.1 Å². The van der Waals surface area contributed by atoms with E-state index in [2.05, 4.69) is 38.2 Å². The molecule has 2 aromatic rings. The molecule has 0 aliphatic heterocycles. The number of carbonyl (C=O) groups is 1. The molecule has 2 aromatic carbocycles. The van der Waals surface area contributed by atoms with Crippen LogP contribution in [0.2, 0.25) is 5.02 Å². The number of halogens is 1. The zero-order valence-corrected chi connectivity index (χ0v) is 19.3. The minimum atomic E-state index is -3.67. The first-order valence-corrected chi connectivity index (χ1v) is 11.7. The van der Waals surface area contributed by atoms with Gasteiger partial charge in [0.25, 0.3) is 0 Å². The fourth-order valence-electron chi connectivity index (χ4n) is 3.09. The van der Waals surface area contributed by atoms with E-state index in [9.17, 15) is 13.2 Å². The van der Waals surface area contributed by atoms with Crippen LogP contribution in [-0.4, -0.2) is 26.6 Å². The van der Waals surface area contributed by atoms with E-state index in [1.54, 1.807) is 31.2 Å². The molecule has 0 aliphatic rings. The highest BCUT2D eigenvalue weighted by Gasteiger charge is 2.30. The molecule has 2 rings (SSSR count). The third-order valence-electron chi connectivity index (χ3n) is 4.81. The minimum absolute atomic E-state index is 0.0497. The van der Waals surface area contributed by atoms with Crippen LogP contribution in [-0.2, 0) is 20.2 Å². The third kappa shape index (κ3) is 5.97. The molecule has 0 fully saturated rings. The summed E-state index contributed by atoms with van der Waals surface area (Å²) in [6, 6.07) is 13.3. The number of sulfonamides is 1. The van der Waals surface area contributed by atoms with Crippen LogP contribution in [0.5, 0.6) is 0 Å². The number of carbonyl (C=O) groups excluding carboxylic acids is 1. The first-order valence-electron chi connectivity index (χ1n) is 9.46. The van der Waals surface area contributed by atoms with Gasteiger partial charge in [-0.15, -0.1) is 0 Å². The van der Waals surface area contributed by atoms with Crippen LogP contribution < -0.4 is 9.62 Å². The van der Waals surface area contributed by atoms with Crippen molar-refractivity contribution in [1.82, 2.24) is 5.32 Å². The van der Waals surface area contributed by atoms with E-state index in [1.165, 1.54) is 5.56 Å². The van der Waals surface area contributed by atoms with Crippen LogP contribution in [0.4, 0.5) is 5.69 Å². The second-order valence-corrected chi connectivity index (χ2v) is 10.6. The number of rotatable bonds is 6. The largest absolute Gasteiger partial charge is 0.348 e. The molecule has 5 nitrogen and oxygen atoms in total. The first-order chi connectivity index (χ1) is 13.3. The predicted molar refractivity (Wildman–Crippen MR) is 120 cm³/mol. The molecule has 0 heterocycles. The van der Waals surface area contributed by atoms with Crippen molar-refractivity contribution in [3.8, 4) is 0 Å². The SMILES string of the molecule is C[C@H](NC(=O)[C@H](C)N(c1ccc(Cl)cc1)S(C)(=O)=O)c1ccc(C(C)(C)C)cc1. The van der Waals surface area contributed by atoms with E-state index in [-0.39, 0.29) is 17.4 Å². The lowest BCUT2D eigenvalue weighted by atomic mass is 9.86. The van der Waals surface area contributed by atoms with Crippen LogP contribution >= 0.6 is 11.6 Å². The number of benzene rings is 2. The van der Waals surface area contributed by atoms with Gasteiger partial charge in [0, 0.05) is 5.02 Å². The fourth-order valence-corrected chi connectivity index (χ4v) is 4.39. The number of amides is 1. The van der Waals surface area contributed by atoms with Crippen molar-refractivity contribution in [3.05, 3.63) is 64.7 Å². The Morgan fingerprint density at radius 1 is 1.00 bits per heavy atom. The fraction of sp³-hybridized carbons (Fsp3) is 0.409. The van der Waals surface area contributed by atoms with E-state index in [0.29, 0.717) is 10.7 Å². The van der Waals surface area contributed by atoms with Crippen LogP contribution in [0.1, 0.15) is 51.8 Å². The molecule has 158 valence electrons. The Morgan fingerprint density at radius 2 is 1.52 bits per heavy atom. The summed E-state index contributed by atoms with van der Waals surface area (Å²) < 4.78 is 25.8. The van der Waals surface area contributed by atoms with Gasteiger partial charge in [0.15, 0.2) is 0 Å². The highest BCUT2D eigenvalue weighted by Crippen LogP contribution is 2.25. The number of nitrogens with one attached hydrogen (secondary N) is 1. The van der Waals surface area contributed by atoms with E-state index in [4.69, 9.17) is 11.6 Å². The lowest BCUT2D eigenvalue weighted by molar-refractivity contribution is -0.122. The molecule has 29 heavy (non-hydrogen) atoms. The zero-order valence-electron chi connectivity index (χ0n) is 17.7. The van der Waals surface area contributed by atoms with Gasteiger partial charge >= 0.3 is 0 Å². The Bertz CT molecular complexity index is 949. The van der Waals surface area contributed by atoms with Gasteiger partial charge in [0.1, 0.15) is 6.04 Å². The molecular weight excluding hydrogens is 408 g/mol. The van der Waals surface area contributed by atoms with Gasteiger partial charge in [0.05, 0.1) is 18.0 Å². The molecule has 0 unspecified atom stereocenters. The average Bonchev–Trinajstić information content (AvgIpc) is 2.61. The van der Waals surface area contributed by atoms with Crippen molar-refractivity contribution >= 4 is 33.2 Å². The molecule has 0 bridgehead atoms. The van der Waals surface area contributed by atoms with Gasteiger partial charge in [-0.05, 0) is 54.7 Å². The van der Waals surface area contributed by atoms with Crippen LogP contribution in [0.25, 0.3) is 0 Å². The summed E-state index contributed by atoms with van der Waals surface area (Å²) in [5.74, 6) is -0.377. The molecule has 0 aromatic heterocycles. The van der Waals surface area contributed by atoms with Crippen molar-refractivity contribution in [2.24, 2.45) is 0 Å². The Kier molecular flexibility index (Phi) is 7.01. The van der Waals surface area contributed by atoms with E-state index >= 15 is 0 Å². The van der Waals surface area contributed by atoms with Crippen LogP contribution in [0.3, 0.4) is 0 Å². The van der Waals surface area contributed by atoms with Gasteiger partial charge < -0.3 is 5.32 Å². The van der Waals surface area contributed by atoms with Gasteiger partial charge in [-0.2, -0.15) is 0 Å². The molecule has 0 saturated heterocycles. The molecule has 0 radical (unpaired) electrons. The molecule has 7 heteroatoms. The van der Waals surface area contributed by atoms with Gasteiger partial charge in [-0.3, -0.25) is 9.10 Å². The van der Waals surface area contributed by atoms with Crippen molar-refractivity contribution < 1.29 is 13.2 Å². The van der Waals surface area contributed by atoms with Crippen molar-refractivity contribution in [2.75, 3.05) is 10.6 Å². The molecule has 1 N–H and O–H groups in total. The predicted octanol–water partition coefficient (Wildman–Crippen LogP) is 4.67. The standard InChI is InChI=1S/C22H29ClN2O3S/c1-15(17-7-9-18(10-8-17)22(3,4)5)24-21(26)16(2)25(29(6,27)28)20-13-11-19(23)12-14-20/h7-16H,1-6H3,(H,24,26)/t15-,16-/m0/s1. The summed E-state index contributed by atoms with van der Waals surface area (Å²) in [7, 11) is -3.67. The molecule has 2 atom stereocenters. The van der Waals surface area contributed by atoms with E-state index in [1.807, 2.05) is 19.1 Å². The van der Waals surface area contributed by atoms with Crippen LogP contribution in [0, 0.1) is 0 Å². The van der Waals surface area contributed by atoms with Crippen molar-refractivity contribution in [1.29, 1.82) is 0 Å². The maximum Gasteiger partial charge on any atom is 0.244 e. The topological polar surface area (TPSA) is 66.5 Å². The van der Waals surface area contributed by atoms with Gasteiger partial charge in [-0.1, -0.05) is 56.6 Å². The van der Waals surface area contributed by atoms with E-state index in [0.717, 1.165) is 16.1 Å². The maximum absolute atomic E-state index is 12.8. The second-order valence-electron chi connectivity index (χ2n) is 8.31. The summed E-state index contributed by atoms with van der Waals surface area (Å²) in [6.07, 6.45) is 1.08. The molecule has 0 spiro atoms. The number of anilines is 1. The minimum Gasteiger partial charge on any atom is -0.348 e. The summed E-state index contributed by atoms with van der Waals surface area (Å²) >= 11 is 5.90. The summed E-state index contributed by atoms with van der Waals surface area (Å²) in [6.45, 7) is 9.88. The van der Waals surface area contributed by atoms with Gasteiger partial charge in [0.2, 0.25) is 15.9 Å².